The lowest BCUT2D eigenvalue weighted by Crippen LogP contribution is -2.25. The molecule has 1 amide bonds. The highest BCUT2D eigenvalue weighted by atomic mass is 16.5. The van der Waals surface area contributed by atoms with Crippen LogP contribution in [0.1, 0.15) is 48.2 Å². The molecular weight excluding hydrogens is 292 g/mol. The molecule has 1 aromatic carbocycles. The number of rotatable bonds is 5. The van der Waals surface area contributed by atoms with Gasteiger partial charge in [0.05, 0.1) is 13.2 Å². The van der Waals surface area contributed by atoms with Crippen LogP contribution in [0.4, 0.5) is 0 Å². The second-order valence-corrected chi connectivity index (χ2v) is 5.63. The van der Waals surface area contributed by atoms with Crippen LogP contribution in [0.5, 0.6) is 5.75 Å². The Hall–Kier alpha value is -2.37. The Morgan fingerprint density at radius 2 is 2.04 bits per heavy atom. The van der Waals surface area contributed by atoms with Crippen molar-refractivity contribution in [3.63, 3.8) is 0 Å². The minimum atomic E-state index is -0.112. The molecule has 0 saturated carbocycles. The third-order valence-corrected chi connectivity index (χ3v) is 4.02. The summed E-state index contributed by atoms with van der Waals surface area (Å²) in [6.45, 7) is 3.89. The van der Waals surface area contributed by atoms with Crippen molar-refractivity contribution >= 4 is 5.91 Å². The van der Waals surface area contributed by atoms with Gasteiger partial charge in [0.25, 0.3) is 5.91 Å². The average molecular weight is 314 g/mol. The number of aryl methyl sites for hydroxylation is 1. The number of nitrogens with one attached hydrogen (secondary N) is 1. The number of carbonyl (C=O) groups excluding carboxylic acids is 1. The van der Waals surface area contributed by atoms with Crippen LogP contribution >= 0.6 is 0 Å². The van der Waals surface area contributed by atoms with Crippen LogP contribution in [0.3, 0.4) is 0 Å². The van der Waals surface area contributed by atoms with Gasteiger partial charge in [-0.05, 0) is 44.0 Å². The molecule has 3 rings (SSSR count). The van der Waals surface area contributed by atoms with Gasteiger partial charge in [-0.25, -0.2) is 0 Å². The summed E-state index contributed by atoms with van der Waals surface area (Å²) in [5.41, 5.74) is 0.615. The molecule has 1 N–H and O–H groups in total. The van der Waals surface area contributed by atoms with Crippen molar-refractivity contribution in [1.82, 2.24) is 20.1 Å². The van der Waals surface area contributed by atoms with E-state index in [1.165, 1.54) is 6.42 Å². The molecule has 0 saturated heterocycles. The molecule has 0 bridgehead atoms. The van der Waals surface area contributed by atoms with Gasteiger partial charge in [0, 0.05) is 18.5 Å². The fraction of sp³-hybridized carbons (Fsp3) is 0.471. The number of amides is 1. The molecule has 0 atom stereocenters. The standard InChI is InChI=1S/C17H22N4O2/c1-2-23-14-9-7-13(8-10-14)17(22)18-12-16-20-19-15-6-4-3-5-11-21(15)16/h7-10H,2-6,11-12H2,1H3,(H,18,22). The fourth-order valence-electron chi connectivity index (χ4n) is 2.81. The lowest BCUT2D eigenvalue weighted by Gasteiger charge is -2.09. The van der Waals surface area contributed by atoms with Crippen LogP contribution < -0.4 is 10.1 Å². The largest absolute Gasteiger partial charge is 0.494 e. The number of hydrogen-bond acceptors (Lipinski definition) is 4. The van der Waals surface area contributed by atoms with Crippen LogP contribution in [0.15, 0.2) is 24.3 Å². The average Bonchev–Trinajstić information content (AvgIpc) is 2.80. The van der Waals surface area contributed by atoms with E-state index in [1.54, 1.807) is 12.1 Å². The highest BCUT2D eigenvalue weighted by molar-refractivity contribution is 5.94. The van der Waals surface area contributed by atoms with Gasteiger partial charge in [0.2, 0.25) is 0 Å². The molecule has 1 aliphatic heterocycles. The van der Waals surface area contributed by atoms with E-state index in [0.717, 1.165) is 43.2 Å². The molecule has 6 nitrogen and oxygen atoms in total. The number of hydrogen-bond donors (Lipinski definition) is 1. The molecule has 0 fully saturated rings. The highest BCUT2D eigenvalue weighted by Crippen LogP contribution is 2.15. The van der Waals surface area contributed by atoms with E-state index in [2.05, 4.69) is 20.1 Å². The second-order valence-electron chi connectivity index (χ2n) is 5.63. The van der Waals surface area contributed by atoms with Gasteiger partial charge in [-0.1, -0.05) is 6.42 Å². The zero-order valence-corrected chi connectivity index (χ0v) is 13.4. The Morgan fingerprint density at radius 1 is 1.22 bits per heavy atom. The maximum atomic E-state index is 12.2. The van der Waals surface area contributed by atoms with Crippen LogP contribution in [-0.4, -0.2) is 27.3 Å². The van der Waals surface area contributed by atoms with Gasteiger partial charge in [-0.3, -0.25) is 4.79 Å². The Labute approximate surface area is 135 Å². The summed E-state index contributed by atoms with van der Waals surface area (Å²) in [5.74, 6) is 2.53. The fourth-order valence-corrected chi connectivity index (χ4v) is 2.81. The molecule has 0 spiro atoms. The number of aromatic nitrogens is 3. The van der Waals surface area contributed by atoms with E-state index in [0.29, 0.717) is 18.7 Å². The minimum absolute atomic E-state index is 0.112. The molecule has 6 heteroatoms. The molecule has 2 aromatic rings. The van der Waals surface area contributed by atoms with Crippen molar-refractivity contribution in [2.24, 2.45) is 0 Å². The van der Waals surface area contributed by atoms with E-state index in [-0.39, 0.29) is 5.91 Å². The van der Waals surface area contributed by atoms with Crippen LogP contribution in [0.2, 0.25) is 0 Å². The lowest BCUT2D eigenvalue weighted by atomic mass is 10.2. The summed E-state index contributed by atoms with van der Waals surface area (Å²) < 4.78 is 7.52. The van der Waals surface area contributed by atoms with Gasteiger partial charge >= 0.3 is 0 Å². The SMILES string of the molecule is CCOc1ccc(C(=O)NCc2nnc3n2CCCCC3)cc1. The zero-order chi connectivity index (χ0) is 16.1. The van der Waals surface area contributed by atoms with Crippen molar-refractivity contribution in [2.75, 3.05) is 6.61 Å². The zero-order valence-electron chi connectivity index (χ0n) is 13.4. The first-order valence-electron chi connectivity index (χ1n) is 8.20. The van der Waals surface area contributed by atoms with E-state index in [9.17, 15) is 4.79 Å². The number of ether oxygens (including phenoxy) is 1. The third kappa shape index (κ3) is 3.70. The quantitative estimate of drug-likeness (QED) is 0.919. The van der Waals surface area contributed by atoms with Gasteiger partial charge in [0.15, 0.2) is 5.82 Å². The number of carbonyl (C=O) groups is 1. The van der Waals surface area contributed by atoms with Gasteiger partial charge in [-0.15, -0.1) is 10.2 Å². The summed E-state index contributed by atoms with van der Waals surface area (Å²) >= 11 is 0. The van der Waals surface area contributed by atoms with Gasteiger partial charge in [0.1, 0.15) is 11.6 Å². The van der Waals surface area contributed by atoms with Crippen molar-refractivity contribution in [3.8, 4) is 5.75 Å². The maximum absolute atomic E-state index is 12.2. The first kappa shape index (κ1) is 15.5. The predicted molar refractivity (Wildman–Crippen MR) is 86.4 cm³/mol. The van der Waals surface area contributed by atoms with Crippen molar-refractivity contribution < 1.29 is 9.53 Å². The highest BCUT2D eigenvalue weighted by Gasteiger charge is 2.15. The van der Waals surface area contributed by atoms with Gasteiger partial charge < -0.3 is 14.6 Å². The smallest absolute Gasteiger partial charge is 0.251 e. The summed E-state index contributed by atoms with van der Waals surface area (Å²) in [6.07, 6.45) is 4.50. The third-order valence-electron chi connectivity index (χ3n) is 4.02. The van der Waals surface area contributed by atoms with E-state index >= 15 is 0 Å². The van der Waals surface area contributed by atoms with Crippen LogP contribution in [0, 0.1) is 0 Å². The Kier molecular flexibility index (Phi) is 4.90. The first-order valence-corrected chi connectivity index (χ1v) is 8.20. The number of nitrogens with zero attached hydrogens (tertiary/aromatic N) is 3. The van der Waals surface area contributed by atoms with Crippen molar-refractivity contribution in [3.05, 3.63) is 41.5 Å². The predicted octanol–water partition coefficient (Wildman–Crippen LogP) is 2.33. The first-order chi connectivity index (χ1) is 11.3. The van der Waals surface area contributed by atoms with Crippen molar-refractivity contribution in [1.29, 1.82) is 0 Å². The van der Waals surface area contributed by atoms with E-state index in [1.807, 2.05) is 19.1 Å². The molecular formula is C17H22N4O2. The minimum Gasteiger partial charge on any atom is -0.494 e. The molecule has 23 heavy (non-hydrogen) atoms. The van der Waals surface area contributed by atoms with Crippen LogP contribution in [0.25, 0.3) is 0 Å². The monoisotopic (exact) mass is 314 g/mol. The molecule has 1 aliphatic rings. The summed E-state index contributed by atoms with van der Waals surface area (Å²) in [4.78, 5) is 12.2. The summed E-state index contributed by atoms with van der Waals surface area (Å²) in [5, 5.41) is 11.4. The molecule has 2 heterocycles. The van der Waals surface area contributed by atoms with Gasteiger partial charge in [-0.2, -0.15) is 0 Å². The lowest BCUT2D eigenvalue weighted by molar-refractivity contribution is 0.0949. The van der Waals surface area contributed by atoms with E-state index < -0.39 is 0 Å². The molecule has 0 aliphatic carbocycles. The summed E-state index contributed by atoms with van der Waals surface area (Å²) in [7, 11) is 0. The number of benzene rings is 1. The molecule has 0 unspecified atom stereocenters. The molecule has 0 radical (unpaired) electrons. The Balaban J connectivity index is 1.62. The normalized spacial score (nSPS) is 14.0. The van der Waals surface area contributed by atoms with E-state index in [4.69, 9.17) is 4.74 Å². The molecule has 122 valence electrons. The maximum Gasteiger partial charge on any atom is 0.251 e. The molecule has 1 aromatic heterocycles. The second kappa shape index (κ2) is 7.26. The summed E-state index contributed by atoms with van der Waals surface area (Å²) in [6, 6.07) is 7.15. The Bertz CT molecular complexity index is 664. The van der Waals surface area contributed by atoms with Crippen molar-refractivity contribution in [2.45, 2.75) is 45.7 Å². The topological polar surface area (TPSA) is 69.0 Å². The number of fused-ring (bicyclic) bond motifs is 1. The Morgan fingerprint density at radius 3 is 2.83 bits per heavy atom. The van der Waals surface area contributed by atoms with Crippen LogP contribution in [-0.2, 0) is 19.5 Å².